The third-order valence-corrected chi connectivity index (χ3v) is 13.0. The Morgan fingerprint density at radius 1 is 0.430 bits per heavy atom. The summed E-state index contributed by atoms with van der Waals surface area (Å²) in [6, 6.07) is 0. The Morgan fingerprint density at radius 2 is 0.823 bits per heavy atom. The molecule has 1 saturated heterocycles. The van der Waals surface area contributed by atoms with Gasteiger partial charge in [0.2, 0.25) is 0 Å². The molecular weight excluding hydrogens is 997 g/mol. The van der Waals surface area contributed by atoms with Crippen LogP contribution in [0.15, 0.2) is 122 Å². The Balaban J connectivity index is 2.71. The molecule has 6 unspecified atom stereocenters. The maximum Gasteiger partial charge on any atom is 0.335 e. The van der Waals surface area contributed by atoms with E-state index in [0.29, 0.717) is 25.7 Å². The van der Waals surface area contributed by atoms with E-state index in [1.807, 2.05) is 12.2 Å². The van der Waals surface area contributed by atoms with Crippen LogP contribution >= 0.6 is 0 Å². The Bertz CT molecular complexity index is 1840. The largest absolute Gasteiger partial charge is 0.479 e. The summed E-state index contributed by atoms with van der Waals surface area (Å²) in [7, 11) is 0. The molecule has 0 aromatic rings. The molecule has 1 aliphatic heterocycles. The lowest BCUT2D eigenvalue weighted by atomic mass is 9.98. The first-order valence-electron chi connectivity index (χ1n) is 30.5. The van der Waals surface area contributed by atoms with E-state index >= 15 is 0 Å². The number of aliphatic carboxylic acids is 1. The minimum atomic E-state index is -1.92. The van der Waals surface area contributed by atoms with Crippen LogP contribution in [0.5, 0.6) is 0 Å². The summed E-state index contributed by atoms with van der Waals surface area (Å²) in [5, 5.41) is 31.5. The second-order valence-corrected chi connectivity index (χ2v) is 20.2. The van der Waals surface area contributed by atoms with Gasteiger partial charge in [0.05, 0.1) is 6.61 Å². The number of carbonyl (C=O) groups is 4. The lowest BCUT2D eigenvalue weighted by molar-refractivity contribution is -0.301. The quantitative estimate of drug-likeness (QED) is 0.0228. The van der Waals surface area contributed by atoms with E-state index in [1.54, 1.807) is 0 Å². The molecule has 0 aliphatic carbocycles. The number of hydrogen-bond acceptors (Lipinski definition) is 11. The monoisotopic (exact) mass is 1100 g/mol. The van der Waals surface area contributed by atoms with E-state index in [1.165, 1.54) is 51.4 Å². The van der Waals surface area contributed by atoms with Crippen molar-refractivity contribution >= 4 is 23.9 Å². The summed E-state index contributed by atoms with van der Waals surface area (Å²) < 4.78 is 28.3. The number of unbranched alkanes of at least 4 members (excludes halogenated alkanes) is 16. The molecule has 446 valence electrons. The first kappa shape index (κ1) is 72.1. The Labute approximate surface area is 478 Å². The van der Waals surface area contributed by atoms with Gasteiger partial charge in [-0.25, -0.2) is 4.79 Å². The van der Waals surface area contributed by atoms with E-state index in [4.69, 9.17) is 23.7 Å². The number of allylic oxidation sites excluding steroid dienone is 20. The van der Waals surface area contributed by atoms with Crippen molar-refractivity contribution in [2.24, 2.45) is 0 Å². The highest BCUT2D eigenvalue weighted by atomic mass is 16.7. The predicted octanol–water partition coefficient (Wildman–Crippen LogP) is 16.0. The summed E-state index contributed by atoms with van der Waals surface area (Å²) in [6.45, 7) is 5.65. The number of carbonyl (C=O) groups excluding carboxylic acids is 3. The minimum Gasteiger partial charge on any atom is -0.479 e. The number of aliphatic hydroxyl groups is 2. The maximum atomic E-state index is 13.1. The zero-order valence-electron chi connectivity index (χ0n) is 49.1. The van der Waals surface area contributed by atoms with E-state index in [9.17, 15) is 34.5 Å². The highest BCUT2D eigenvalue weighted by Crippen LogP contribution is 2.26. The summed E-state index contributed by atoms with van der Waals surface area (Å²) in [6.07, 6.45) is 61.8. The highest BCUT2D eigenvalue weighted by Gasteiger charge is 2.50. The van der Waals surface area contributed by atoms with Crippen LogP contribution in [0.2, 0.25) is 0 Å². The fourth-order valence-corrected chi connectivity index (χ4v) is 8.40. The van der Waals surface area contributed by atoms with E-state index in [0.717, 1.165) is 109 Å². The third kappa shape index (κ3) is 43.6. The number of rotatable bonds is 50. The fourth-order valence-electron chi connectivity index (χ4n) is 8.40. The number of ether oxygens (including phenoxy) is 5. The molecule has 12 nitrogen and oxygen atoms in total. The maximum absolute atomic E-state index is 13.1. The summed E-state index contributed by atoms with van der Waals surface area (Å²) in [5.41, 5.74) is 0. The molecule has 79 heavy (non-hydrogen) atoms. The highest BCUT2D eigenvalue weighted by molar-refractivity contribution is 5.74. The van der Waals surface area contributed by atoms with Crippen LogP contribution in [0.1, 0.15) is 226 Å². The molecule has 1 heterocycles. The number of hydrogen-bond donors (Lipinski definition) is 3. The molecule has 0 aromatic carbocycles. The predicted molar refractivity (Wildman–Crippen MR) is 321 cm³/mol. The van der Waals surface area contributed by atoms with Crippen molar-refractivity contribution in [3.05, 3.63) is 122 Å². The van der Waals surface area contributed by atoms with Crippen molar-refractivity contribution in [3.8, 4) is 0 Å². The van der Waals surface area contributed by atoms with E-state index in [2.05, 4.69) is 130 Å². The van der Waals surface area contributed by atoms with Crippen molar-refractivity contribution in [1.29, 1.82) is 0 Å². The molecule has 0 bridgehead atoms. The van der Waals surface area contributed by atoms with E-state index in [-0.39, 0.29) is 25.9 Å². The van der Waals surface area contributed by atoms with Gasteiger partial charge in [-0.3, -0.25) is 14.4 Å². The lowest BCUT2D eigenvalue weighted by Gasteiger charge is -2.40. The van der Waals surface area contributed by atoms with Gasteiger partial charge in [-0.05, 0) is 116 Å². The molecule has 0 aromatic heterocycles. The Kier molecular flexibility index (Phi) is 49.1. The molecule has 1 rings (SSSR count). The van der Waals surface area contributed by atoms with Gasteiger partial charge in [0, 0.05) is 19.3 Å². The molecule has 6 atom stereocenters. The zero-order chi connectivity index (χ0) is 57.5. The molecule has 12 heteroatoms. The number of aliphatic hydroxyl groups excluding tert-OH is 2. The lowest BCUT2D eigenvalue weighted by Crippen LogP contribution is -2.61. The van der Waals surface area contributed by atoms with Gasteiger partial charge in [-0.1, -0.05) is 213 Å². The summed E-state index contributed by atoms with van der Waals surface area (Å²) >= 11 is 0. The molecule has 0 radical (unpaired) electrons. The van der Waals surface area contributed by atoms with Crippen LogP contribution in [0.25, 0.3) is 0 Å². The van der Waals surface area contributed by atoms with E-state index < -0.39 is 67.3 Å². The first-order chi connectivity index (χ1) is 38.6. The second kappa shape index (κ2) is 53.7. The summed E-state index contributed by atoms with van der Waals surface area (Å²) in [5.74, 6) is -3.28. The molecule has 3 N–H and O–H groups in total. The van der Waals surface area contributed by atoms with Gasteiger partial charge in [0.25, 0.3) is 0 Å². The number of esters is 3. The summed E-state index contributed by atoms with van der Waals surface area (Å²) in [4.78, 5) is 51.2. The molecule has 1 aliphatic rings. The average Bonchev–Trinajstić information content (AvgIpc) is 3.47. The Morgan fingerprint density at radius 3 is 1.27 bits per heavy atom. The van der Waals surface area contributed by atoms with Gasteiger partial charge in [-0.2, -0.15) is 0 Å². The van der Waals surface area contributed by atoms with Crippen molar-refractivity contribution in [2.75, 3.05) is 13.2 Å². The smallest absolute Gasteiger partial charge is 0.335 e. The minimum absolute atomic E-state index is 0.0294. The molecule has 0 amide bonds. The van der Waals surface area contributed by atoms with Crippen molar-refractivity contribution in [2.45, 2.75) is 263 Å². The molecular formula is C67H106O12. The first-order valence-corrected chi connectivity index (χ1v) is 30.5. The third-order valence-electron chi connectivity index (χ3n) is 13.0. The van der Waals surface area contributed by atoms with Crippen LogP contribution in [0.3, 0.4) is 0 Å². The van der Waals surface area contributed by atoms with Gasteiger partial charge in [0.15, 0.2) is 24.6 Å². The van der Waals surface area contributed by atoms with Crippen molar-refractivity contribution < 1.29 is 58.2 Å². The van der Waals surface area contributed by atoms with Gasteiger partial charge in [0.1, 0.15) is 18.8 Å². The molecule has 1 fully saturated rings. The molecule has 0 saturated carbocycles. The van der Waals surface area contributed by atoms with Gasteiger partial charge in [-0.15, -0.1) is 0 Å². The van der Waals surface area contributed by atoms with Gasteiger partial charge >= 0.3 is 23.9 Å². The standard InChI is InChI=1S/C67H106O12/c1-4-7-10-13-16-19-22-25-27-29-30-32-34-37-40-43-46-49-52-55-61(70)78-65-63(72)62(71)64(66(73)74)79-67(65)76-57-58(77-60(69)54-51-48-45-42-39-35-24-21-18-15-12-9-6-3)56-75-59(68)53-50-47-44-41-38-36-33-31-28-26-23-20-17-14-11-8-5-2/h8-9,11-12,16-21,25-28,33,35-36,39,45,48,58,62-65,67,71-72H,4-7,10,13-15,22-24,29-32,34,37-38,40-44,46-47,49-57H2,1-3H3,(H,73,74)/b11-8-,12-9-,19-16-,20-17-,21-18-,27-25-,28-26-,36-33-,39-35-,48-45-. The van der Waals surface area contributed by atoms with Crippen molar-refractivity contribution in [1.82, 2.24) is 0 Å². The molecule has 0 spiro atoms. The average molecular weight is 1100 g/mol. The topological polar surface area (TPSA) is 175 Å². The van der Waals surface area contributed by atoms with Gasteiger partial charge < -0.3 is 39.0 Å². The van der Waals surface area contributed by atoms with Crippen LogP contribution in [-0.4, -0.2) is 89.2 Å². The van der Waals surface area contributed by atoms with Crippen LogP contribution in [0, 0.1) is 0 Å². The fraction of sp³-hybridized carbons (Fsp3) is 0.642. The zero-order valence-corrected chi connectivity index (χ0v) is 49.1. The second-order valence-electron chi connectivity index (χ2n) is 20.2. The number of carboxylic acids is 1. The van der Waals surface area contributed by atoms with Crippen LogP contribution < -0.4 is 0 Å². The normalized spacial score (nSPS) is 18.7. The van der Waals surface area contributed by atoms with Crippen molar-refractivity contribution in [3.63, 3.8) is 0 Å². The Hall–Kier alpha value is -4.88. The van der Waals surface area contributed by atoms with Crippen LogP contribution in [-0.2, 0) is 42.9 Å². The van der Waals surface area contributed by atoms with Crippen LogP contribution in [0.4, 0.5) is 0 Å². The number of carboxylic acid groups (broad SMARTS) is 1. The SMILES string of the molecule is CC/C=C\C/C=C\C/C=C\C/C=C\CCCCCCC(=O)OCC(COC1OC(C(=O)O)C(O)C(O)C1OC(=O)CCCCCCCCCCC/C=C\C/C=C\CCCCC)OC(=O)CC/C=C\C/C=C\C/C=C\C/C=C\CC.